The quantitative estimate of drug-likeness (QED) is 0.703. The average Bonchev–Trinajstić information content (AvgIpc) is 2.23. The summed E-state index contributed by atoms with van der Waals surface area (Å²) in [6, 6.07) is 9.23. The summed E-state index contributed by atoms with van der Waals surface area (Å²) in [5, 5.41) is 16.6. The van der Waals surface area contributed by atoms with Crippen LogP contribution in [-0.4, -0.2) is 20.7 Å². The molecule has 86 valence electrons. The standard InChI is InChI=1S/C10H13N3O2S/c11-7-9-3-1-2-4-10(9)8-13-5-6-16(12,14)15/h1-4,13H,5-6,8H2,(H2,12,14,15). The summed E-state index contributed by atoms with van der Waals surface area (Å²) >= 11 is 0. The fraction of sp³-hybridized carbons (Fsp3) is 0.300. The largest absolute Gasteiger partial charge is 0.312 e. The van der Waals surface area contributed by atoms with Crippen LogP contribution < -0.4 is 10.5 Å². The molecule has 0 aliphatic rings. The number of nitrogens with zero attached hydrogens (tertiary/aromatic N) is 1. The highest BCUT2D eigenvalue weighted by Gasteiger charge is 2.03. The summed E-state index contributed by atoms with van der Waals surface area (Å²) in [6.07, 6.45) is 0. The number of sulfonamides is 1. The van der Waals surface area contributed by atoms with E-state index in [9.17, 15) is 8.42 Å². The van der Waals surface area contributed by atoms with E-state index in [4.69, 9.17) is 10.4 Å². The molecule has 0 atom stereocenters. The molecule has 0 aliphatic carbocycles. The van der Waals surface area contributed by atoms with E-state index < -0.39 is 10.0 Å². The maximum absolute atomic E-state index is 10.7. The van der Waals surface area contributed by atoms with E-state index in [1.807, 2.05) is 12.1 Å². The summed E-state index contributed by atoms with van der Waals surface area (Å²) < 4.78 is 21.3. The lowest BCUT2D eigenvalue weighted by Crippen LogP contribution is -2.27. The third-order valence-corrected chi connectivity index (χ3v) is 2.79. The SMILES string of the molecule is N#Cc1ccccc1CNCCS(N)(=O)=O. The van der Waals surface area contributed by atoms with E-state index in [-0.39, 0.29) is 12.3 Å². The van der Waals surface area contributed by atoms with Crippen molar-refractivity contribution in [2.75, 3.05) is 12.3 Å². The predicted molar refractivity (Wildman–Crippen MR) is 60.8 cm³/mol. The van der Waals surface area contributed by atoms with Crippen LogP contribution in [0.5, 0.6) is 0 Å². The van der Waals surface area contributed by atoms with Gasteiger partial charge in [0.2, 0.25) is 10.0 Å². The number of benzene rings is 1. The van der Waals surface area contributed by atoms with Crippen LogP contribution in [0.2, 0.25) is 0 Å². The zero-order chi connectivity index (χ0) is 12.0. The van der Waals surface area contributed by atoms with E-state index in [1.54, 1.807) is 12.1 Å². The maximum atomic E-state index is 10.7. The lowest BCUT2D eigenvalue weighted by atomic mass is 10.1. The number of nitrogens with two attached hydrogens (primary N) is 1. The Balaban J connectivity index is 2.47. The van der Waals surface area contributed by atoms with E-state index in [1.165, 1.54) is 0 Å². The second-order valence-corrected chi connectivity index (χ2v) is 5.05. The highest BCUT2D eigenvalue weighted by atomic mass is 32.2. The summed E-state index contributed by atoms with van der Waals surface area (Å²) in [6.45, 7) is 0.734. The first-order chi connectivity index (χ1) is 7.53. The van der Waals surface area contributed by atoms with Gasteiger partial charge in [-0.05, 0) is 11.6 Å². The molecule has 5 nitrogen and oxygen atoms in total. The Bertz CT molecular complexity index is 491. The van der Waals surface area contributed by atoms with Crippen molar-refractivity contribution in [3.8, 4) is 6.07 Å². The van der Waals surface area contributed by atoms with Gasteiger partial charge < -0.3 is 5.32 Å². The van der Waals surface area contributed by atoms with Crippen molar-refractivity contribution in [1.82, 2.24) is 5.32 Å². The molecule has 0 radical (unpaired) electrons. The van der Waals surface area contributed by atoms with Gasteiger partial charge in [-0.25, -0.2) is 13.6 Å². The van der Waals surface area contributed by atoms with Gasteiger partial charge in [0.25, 0.3) is 0 Å². The molecule has 3 N–H and O–H groups in total. The minimum atomic E-state index is -3.42. The molecular formula is C10H13N3O2S. The van der Waals surface area contributed by atoms with E-state index in [2.05, 4.69) is 11.4 Å². The molecule has 0 fully saturated rings. The lowest BCUT2D eigenvalue weighted by Gasteiger charge is -2.05. The molecule has 0 saturated heterocycles. The smallest absolute Gasteiger partial charge is 0.210 e. The first-order valence-electron chi connectivity index (χ1n) is 4.72. The van der Waals surface area contributed by atoms with Crippen molar-refractivity contribution in [2.45, 2.75) is 6.54 Å². The van der Waals surface area contributed by atoms with Gasteiger partial charge in [0.1, 0.15) is 0 Å². The Morgan fingerprint density at radius 1 is 1.38 bits per heavy atom. The Hall–Kier alpha value is -1.42. The average molecular weight is 239 g/mol. The molecule has 0 amide bonds. The first kappa shape index (κ1) is 12.6. The Morgan fingerprint density at radius 3 is 2.69 bits per heavy atom. The molecule has 1 aromatic rings. The number of hydrogen-bond acceptors (Lipinski definition) is 4. The third kappa shape index (κ3) is 4.40. The fourth-order valence-electron chi connectivity index (χ4n) is 1.22. The van der Waals surface area contributed by atoms with Gasteiger partial charge in [-0.15, -0.1) is 0 Å². The number of hydrogen-bond donors (Lipinski definition) is 2. The van der Waals surface area contributed by atoms with Gasteiger partial charge in [0.05, 0.1) is 17.4 Å². The molecule has 1 aromatic carbocycles. The van der Waals surface area contributed by atoms with Crippen LogP contribution in [-0.2, 0) is 16.6 Å². The Labute approximate surface area is 94.9 Å². The van der Waals surface area contributed by atoms with E-state index in [0.717, 1.165) is 5.56 Å². The molecular weight excluding hydrogens is 226 g/mol. The summed E-state index contributed by atoms with van der Waals surface area (Å²) in [4.78, 5) is 0. The van der Waals surface area contributed by atoms with Crippen molar-refractivity contribution in [3.63, 3.8) is 0 Å². The minimum absolute atomic E-state index is 0.109. The number of nitrogens with one attached hydrogen (secondary N) is 1. The molecule has 0 saturated carbocycles. The summed E-state index contributed by atoms with van der Waals surface area (Å²) in [5.74, 6) is -0.109. The van der Waals surface area contributed by atoms with Gasteiger partial charge in [-0.3, -0.25) is 0 Å². The summed E-state index contributed by atoms with van der Waals surface area (Å²) in [7, 11) is -3.42. The van der Waals surface area contributed by atoms with Crippen LogP contribution in [0.4, 0.5) is 0 Å². The van der Waals surface area contributed by atoms with Crippen LogP contribution in [0.3, 0.4) is 0 Å². The molecule has 0 aromatic heterocycles. The zero-order valence-electron chi connectivity index (χ0n) is 8.68. The van der Waals surface area contributed by atoms with Crippen molar-refractivity contribution in [3.05, 3.63) is 35.4 Å². The Morgan fingerprint density at radius 2 is 2.06 bits per heavy atom. The van der Waals surface area contributed by atoms with Gasteiger partial charge in [-0.1, -0.05) is 18.2 Å². The number of primary sulfonamides is 1. The van der Waals surface area contributed by atoms with Crippen molar-refractivity contribution in [1.29, 1.82) is 5.26 Å². The van der Waals surface area contributed by atoms with E-state index in [0.29, 0.717) is 12.1 Å². The van der Waals surface area contributed by atoms with Gasteiger partial charge in [0, 0.05) is 13.1 Å². The monoisotopic (exact) mass is 239 g/mol. The molecule has 0 bridgehead atoms. The number of nitriles is 1. The van der Waals surface area contributed by atoms with Crippen LogP contribution >= 0.6 is 0 Å². The van der Waals surface area contributed by atoms with Crippen LogP contribution in [0.1, 0.15) is 11.1 Å². The molecule has 0 spiro atoms. The molecule has 1 rings (SSSR count). The predicted octanol–water partition coefficient (Wildman–Crippen LogP) is -0.0636. The fourth-order valence-corrected chi connectivity index (χ4v) is 1.65. The zero-order valence-corrected chi connectivity index (χ0v) is 9.50. The molecule has 0 unspecified atom stereocenters. The third-order valence-electron chi connectivity index (χ3n) is 2.02. The van der Waals surface area contributed by atoms with Crippen molar-refractivity contribution in [2.24, 2.45) is 5.14 Å². The van der Waals surface area contributed by atoms with Gasteiger partial charge in [0.15, 0.2) is 0 Å². The molecule has 0 heterocycles. The van der Waals surface area contributed by atoms with Gasteiger partial charge in [-0.2, -0.15) is 5.26 Å². The van der Waals surface area contributed by atoms with Crippen molar-refractivity contribution >= 4 is 10.0 Å². The van der Waals surface area contributed by atoms with Crippen LogP contribution in [0, 0.1) is 11.3 Å². The Kier molecular flexibility index (Phi) is 4.43. The highest BCUT2D eigenvalue weighted by Crippen LogP contribution is 2.06. The summed E-state index contributed by atoms with van der Waals surface area (Å²) in [5.41, 5.74) is 1.44. The number of rotatable bonds is 5. The lowest BCUT2D eigenvalue weighted by molar-refractivity contribution is 0.592. The maximum Gasteiger partial charge on any atom is 0.210 e. The van der Waals surface area contributed by atoms with Gasteiger partial charge >= 0.3 is 0 Å². The first-order valence-corrected chi connectivity index (χ1v) is 6.43. The van der Waals surface area contributed by atoms with Crippen LogP contribution in [0.25, 0.3) is 0 Å². The molecule has 6 heteroatoms. The van der Waals surface area contributed by atoms with E-state index >= 15 is 0 Å². The second kappa shape index (κ2) is 5.61. The van der Waals surface area contributed by atoms with Crippen LogP contribution in [0.15, 0.2) is 24.3 Å². The van der Waals surface area contributed by atoms with Crippen molar-refractivity contribution < 1.29 is 8.42 Å². The topological polar surface area (TPSA) is 96.0 Å². The molecule has 0 aliphatic heterocycles. The second-order valence-electron chi connectivity index (χ2n) is 3.31. The molecule has 16 heavy (non-hydrogen) atoms. The highest BCUT2D eigenvalue weighted by molar-refractivity contribution is 7.89. The normalized spacial score (nSPS) is 11.0. The minimum Gasteiger partial charge on any atom is -0.312 e.